The lowest BCUT2D eigenvalue weighted by Crippen LogP contribution is -2.48. The molecule has 0 aliphatic heterocycles. The summed E-state index contributed by atoms with van der Waals surface area (Å²) in [4.78, 5) is 88.3. The fraction of sp³-hybridized carbons (Fsp3) is 0.725. The minimum Gasteiger partial charge on any atom is -0.481 e. The Bertz CT molecular complexity index is 1250. The van der Waals surface area contributed by atoms with Crippen LogP contribution in [0.25, 0.3) is 0 Å². The third-order valence-corrected chi connectivity index (χ3v) is 8.75. The average molecular weight is 763 g/mol. The van der Waals surface area contributed by atoms with E-state index < -0.39 is 36.2 Å². The van der Waals surface area contributed by atoms with E-state index in [1.165, 1.54) is 6.92 Å². The first kappa shape index (κ1) is 49.8. The molecule has 0 aromatic rings. The summed E-state index contributed by atoms with van der Waals surface area (Å²) < 4.78 is 0. The van der Waals surface area contributed by atoms with Crippen LogP contribution in [0.5, 0.6) is 0 Å². The van der Waals surface area contributed by atoms with Gasteiger partial charge in [-0.25, -0.2) is 0 Å². The summed E-state index contributed by atoms with van der Waals surface area (Å²) in [6, 6.07) is -3.01. The van der Waals surface area contributed by atoms with E-state index in [1.54, 1.807) is 12.2 Å². The third-order valence-electron chi connectivity index (χ3n) is 8.75. The molecule has 0 saturated heterocycles. The van der Waals surface area contributed by atoms with Gasteiger partial charge in [0.1, 0.15) is 0 Å². The van der Waals surface area contributed by atoms with Gasteiger partial charge in [-0.3, -0.25) is 33.6 Å². The monoisotopic (exact) mass is 763 g/mol. The molecule has 14 nitrogen and oxygen atoms in total. The first-order valence-corrected chi connectivity index (χ1v) is 19.3. The smallest absolute Gasteiger partial charge is 0.305 e. The quantitative estimate of drug-likeness (QED) is 0.0580. The normalized spacial score (nSPS) is 14.6. The highest BCUT2D eigenvalue weighted by molar-refractivity contribution is 5.83. The summed E-state index contributed by atoms with van der Waals surface area (Å²) in [5, 5.41) is 26.5. The van der Waals surface area contributed by atoms with E-state index in [-0.39, 0.29) is 104 Å². The summed E-state index contributed by atoms with van der Waals surface area (Å²) in [5.74, 6) is -2.69. The Morgan fingerprint density at radius 3 is 1.13 bits per heavy atom. The number of hydrogen-bond acceptors (Lipinski definition) is 7. The Balaban J connectivity index is 5.48. The third kappa shape index (κ3) is 24.2. The highest BCUT2D eigenvalue weighted by Gasteiger charge is 2.27. The average Bonchev–Trinajstić information content (AvgIpc) is 2.98. The Kier molecular flexibility index (Phi) is 24.5. The van der Waals surface area contributed by atoms with E-state index in [9.17, 15) is 38.7 Å². The van der Waals surface area contributed by atoms with Crippen LogP contribution in [-0.4, -0.2) is 82.8 Å². The Labute approximate surface area is 323 Å². The minimum absolute atomic E-state index is 0.0207. The molecular weight excluding hydrogens is 692 g/mol. The van der Waals surface area contributed by atoms with E-state index in [4.69, 9.17) is 0 Å². The van der Waals surface area contributed by atoms with Gasteiger partial charge in [-0.1, -0.05) is 67.5 Å². The van der Waals surface area contributed by atoms with Crippen LogP contribution in [0.1, 0.15) is 127 Å². The van der Waals surface area contributed by atoms with Crippen LogP contribution < -0.4 is 31.9 Å². The Morgan fingerprint density at radius 1 is 0.481 bits per heavy atom. The van der Waals surface area contributed by atoms with Crippen molar-refractivity contribution in [3.63, 3.8) is 0 Å². The summed E-state index contributed by atoms with van der Waals surface area (Å²) in [7, 11) is 0. The summed E-state index contributed by atoms with van der Waals surface area (Å²) in [6.07, 6.45) is 4.61. The number of carboxylic acids is 1. The molecule has 0 fully saturated rings. The van der Waals surface area contributed by atoms with E-state index in [0.717, 1.165) is 0 Å². The number of carboxylic acid groups (broad SMARTS) is 1. The van der Waals surface area contributed by atoms with Crippen LogP contribution >= 0.6 is 0 Å². The molecule has 0 heterocycles. The number of amides is 6. The first-order valence-electron chi connectivity index (χ1n) is 19.3. The molecule has 0 spiro atoms. The number of hydrogen-bond donors (Lipinski definition) is 7. The van der Waals surface area contributed by atoms with Gasteiger partial charge in [0, 0.05) is 75.3 Å². The minimum atomic E-state index is -1.01. The van der Waals surface area contributed by atoms with Gasteiger partial charge in [0.25, 0.3) is 0 Å². The predicted octanol–water partition coefficient (Wildman–Crippen LogP) is 3.90. The van der Waals surface area contributed by atoms with Crippen LogP contribution in [0.2, 0.25) is 0 Å². The second-order valence-corrected chi connectivity index (χ2v) is 16.0. The number of carbonyl (C=O) groups is 7. The highest BCUT2D eigenvalue weighted by Crippen LogP contribution is 2.14. The highest BCUT2D eigenvalue weighted by atomic mass is 16.4. The van der Waals surface area contributed by atoms with E-state index in [1.807, 2.05) is 55.4 Å². The predicted molar refractivity (Wildman–Crippen MR) is 211 cm³/mol. The zero-order valence-electron chi connectivity index (χ0n) is 34.2. The fourth-order valence-electron chi connectivity index (χ4n) is 6.18. The summed E-state index contributed by atoms with van der Waals surface area (Å²) >= 11 is 0. The van der Waals surface area contributed by atoms with Gasteiger partial charge in [0.2, 0.25) is 35.4 Å². The maximum absolute atomic E-state index is 13.3. The van der Waals surface area contributed by atoms with Gasteiger partial charge in [-0.15, -0.1) is 13.2 Å². The lowest BCUT2D eigenvalue weighted by molar-refractivity contribution is -0.138. The molecule has 0 aliphatic rings. The van der Waals surface area contributed by atoms with Crippen molar-refractivity contribution >= 4 is 41.4 Å². The SMILES string of the molecule is C=CCC(CC(=O)N[C@H](CC(=O)N[C@H](CC(=O)NC(CC=C)CC(=O)N[C@@H](CC(=O)O)CC(C)C)C(C)C)CC(C)C)NC(=O)C[C@@H](NC(C)=O)C(C)C. The second kappa shape index (κ2) is 26.5. The van der Waals surface area contributed by atoms with Crippen LogP contribution in [0.15, 0.2) is 25.3 Å². The topological polar surface area (TPSA) is 212 Å². The van der Waals surface area contributed by atoms with E-state index in [2.05, 4.69) is 45.1 Å². The molecule has 7 N–H and O–H groups in total. The molecule has 0 radical (unpaired) electrons. The van der Waals surface area contributed by atoms with Crippen molar-refractivity contribution in [1.82, 2.24) is 31.9 Å². The zero-order chi connectivity index (χ0) is 41.5. The van der Waals surface area contributed by atoms with Gasteiger partial charge >= 0.3 is 5.97 Å². The maximum atomic E-state index is 13.3. The Hall–Kier alpha value is -4.23. The first-order chi connectivity index (χ1) is 25.1. The maximum Gasteiger partial charge on any atom is 0.305 e. The van der Waals surface area contributed by atoms with Crippen molar-refractivity contribution in [3.8, 4) is 0 Å². The zero-order valence-corrected chi connectivity index (χ0v) is 34.2. The number of nitrogens with one attached hydrogen (secondary N) is 6. The van der Waals surface area contributed by atoms with Crippen LogP contribution in [-0.2, 0) is 33.6 Å². The molecule has 0 rings (SSSR count). The standard InChI is InChI=1S/C40H70N6O8/c1-12-14-29(42-38(51)22-33(26(7)8)41-28(11)47)18-35(48)44-31(16-24(3)4)20-37(50)46-34(27(9)10)23-39(52)43-30(15-13-2)19-36(49)45-32(17-25(5)6)21-40(53)54/h12-13,24-27,29-34H,1-2,14-23H2,3-11H3,(H,41,47)(H,42,51)(H,43,52)(H,44,48)(H,45,49)(H,46,50)(H,53,54)/t29?,30?,31-,32+,33+,34+/m0/s1. The number of carbonyl (C=O) groups excluding carboxylic acids is 6. The molecule has 0 bridgehead atoms. The van der Waals surface area contributed by atoms with Crippen molar-refractivity contribution in [1.29, 1.82) is 0 Å². The van der Waals surface area contributed by atoms with Crippen molar-refractivity contribution in [3.05, 3.63) is 25.3 Å². The molecule has 54 heavy (non-hydrogen) atoms. The molecular formula is C40H70N6O8. The second-order valence-electron chi connectivity index (χ2n) is 16.0. The van der Waals surface area contributed by atoms with Gasteiger partial charge in [0.05, 0.1) is 6.42 Å². The fourth-order valence-corrected chi connectivity index (χ4v) is 6.18. The molecule has 0 aliphatic carbocycles. The number of aliphatic carboxylic acids is 1. The lowest BCUT2D eigenvalue weighted by Gasteiger charge is -2.27. The van der Waals surface area contributed by atoms with E-state index in [0.29, 0.717) is 25.7 Å². The van der Waals surface area contributed by atoms with Gasteiger partial charge in [-0.05, 0) is 49.4 Å². The summed E-state index contributed by atoms with van der Waals surface area (Å²) in [5.41, 5.74) is 0. The van der Waals surface area contributed by atoms with Crippen molar-refractivity contribution < 1.29 is 38.7 Å². The van der Waals surface area contributed by atoms with Crippen molar-refractivity contribution in [2.75, 3.05) is 0 Å². The van der Waals surface area contributed by atoms with Crippen LogP contribution in [0.3, 0.4) is 0 Å². The lowest BCUT2D eigenvalue weighted by atomic mass is 9.97. The van der Waals surface area contributed by atoms with Gasteiger partial charge in [0.15, 0.2) is 0 Å². The Morgan fingerprint density at radius 2 is 0.796 bits per heavy atom. The van der Waals surface area contributed by atoms with Crippen molar-refractivity contribution in [2.24, 2.45) is 23.7 Å². The summed E-state index contributed by atoms with van der Waals surface area (Å²) in [6.45, 7) is 24.3. The molecule has 0 aromatic heterocycles. The molecule has 308 valence electrons. The molecule has 2 unspecified atom stereocenters. The molecule has 0 aromatic carbocycles. The van der Waals surface area contributed by atoms with Gasteiger partial charge in [-0.2, -0.15) is 0 Å². The molecule has 0 saturated carbocycles. The molecule has 6 atom stereocenters. The van der Waals surface area contributed by atoms with Crippen molar-refractivity contribution in [2.45, 2.75) is 163 Å². The number of rotatable bonds is 28. The largest absolute Gasteiger partial charge is 0.481 e. The van der Waals surface area contributed by atoms with Crippen LogP contribution in [0, 0.1) is 23.7 Å². The molecule has 6 amide bonds. The van der Waals surface area contributed by atoms with E-state index >= 15 is 0 Å². The molecule has 14 heteroatoms. The van der Waals surface area contributed by atoms with Crippen LogP contribution in [0.4, 0.5) is 0 Å². The van der Waals surface area contributed by atoms with Gasteiger partial charge < -0.3 is 37.0 Å².